The van der Waals surface area contributed by atoms with Crippen molar-refractivity contribution in [1.29, 1.82) is 0 Å². The Morgan fingerprint density at radius 3 is 2.56 bits per heavy atom. The van der Waals surface area contributed by atoms with Crippen LogP contribution in [-0.2, 0) is 9.84 Å². The first kappa shape index (κ1) is 14.4. The molecule has 0 atom stereocenters. The molecule has 7 heteroatoms. The van der Waals surface area contributed by atoms with Gasteiger partial charge in [-0.05, 0) is 18.2 Å². The summed E-state index contributed by atoms with van der Waals surface area (Å²) < 4.78 is 22.6. The SMILES string of the molecule is C#CCN(C(=O)O)c1ccc(S(C)(=O)=O)cc1Cl. The van der Waals surface area contributed by atoms with Gasteiger partial charge in [0.25, 0.3) is 0 Å². The van der Waals surface area contributed by atoms with Crippen molar-refractivity contribution >= 4 is 33.2 Å². The molecule has 1 amide bonds. The lowest BCUT2D eigenvalue weighted by molar-refractivity contribution is 0.202. The highest BCUT2D eigenvalue weighted by Gasteiger charge is 2.18. The van der Waals surface area contributed by atoms with Gasteiger partial charge in [0.2, 0.25) is 0 Å². The molecule has 1 aromatic rings. The van der Waals surface area contributed by atoms with E-state index in [1.807, 2.05) is 0 Å². The quantitative estimate of drug-likeness (QED) is 0.861. The molecule has 0 heterocycles. The minimum Gasteiger partial charge on any atom is -0.465 e. The summed E-state index contributed by atoms with van der Waals surface area (Å²) in [5.41, 5.74) is 0.148. The predicted molar refractivity (Wildman–Crippen MR) is 68.8 cm³/mol. The molecular formula is C11H10ClNO4S. The zero-order valence-corrected chi connectivity index (χ0v) is 11.0. The minimum atomic E-state index is -3.39. The summed E-state index contributed by atoms with van der Waals surface area (Å²) >= 11 is 5.87. The van der Waals surface area contributed by atoms with Crippen LogP contribution in [0.1, 0.15) is 0 Å². The molecule has 1 N–H and O–H groups in total. The first-order valence-corrected chi connectivity index (χ1v) is 6.98. The zero-order chi connectivity index (χ0) is 13.9. The Kier molecular flexibility index (Phi) is 4.22. The number of carboxylic acid groups (broad SMARTS) is 1. The Balaban J connectivity index is 3.28. The minimum absolute atomic E-state index is 0.00979. The molecule has 96 valence electrons. The van der Waals surface area contributed by atoms with Gasteiger partial charge in [-0.3, -0.25) is 4.90 Å². The van der Waals surface area contributed by atoms with Gasteiger partial charge in [-0.15, -0.1) is 6.42 Å². The largest absolute Gasteiger partial charge is 0.465 e. The average molecular weight is 288 g/mol. The van der Waals surface area contributed by atoms with Crippen molar-refractivity contribution in [2.45, 2.75) is 4.90 Å². The number of terminal acetylenes is 1. The number of anilines is 1. The molecule has 0 aliphatic heterocycles. The molecule has 0 aliphatic carbocycles. The second-order valence-corrected chi connectivity index (χ2v) is 5.88. The molecule has 0 saturated heterocycles. The number of sulfone groups is 1. The lowest BCUT2D eigenvalue weighted by Gasteiger charge is -2.18. The molecular weight excluding hydrogens is 278 g/mol. The van der Waals surface area contributed by atoms with E-state index in [2.05, 4.69) is 5.92 Å². The fourth-order valence-electron chi connectivity index (χ4n) is 1.28. The van der Waals surface area contributed by atoms with Gasteiger partial charge in [-0.25, -0.2) is 13.2 Å². The lowest BCUT2D eigenvalue weighted by atomic mass is 10.3. The first-order valence-electron chi connectivity index (χ1n) is 4.71. The molecule has 18 heavy (non-hydrogen) atoms. The van der Waals surface area contributed by atoms with Crippen LogP contribution in [0.25, 0.3) is 0 Å². The van der Waals surface area contributed by atoms with Crippen molar-refractivity contribution < 1.29 is 18.3 Å². The van der Waals surface area contributed by atoms with Crippen molar-refractivity contribution in [2.75, 3.05) is 17.7 Å². The van der Waals surface area contributed by atoms with Crippen LogP contribution < -0.4 is 4.90 Å². The van der Waals surface area contributed by atoms with Crippen molar-refractivity contribution in [3.63, 3.8) is 0 Å². The van der Waals surface area contributed by atoms with E-state index >= 15 is 0 Å². The number of carbonyl (C=O) groups is 1. The molecule has 0 saturated carbocycles. The Bertz CT molecular complexity index is 618. The van der Waals surface area contributed by atoms with E-state index in [4.69, 9.17) is 23.1 Å². The second-order valence-electron chi connectivity index (χ2n) is 3.46. The topological polar surface area (TPSA) is 74.7 Å². The Labute approximate surface area is 110 Å². The van der Waals surface area contributed by atoms with Crippen LogP contribution in [-0.4, -0.2) is 32.4 Å². The van der Waals surface area contributed by atoms with Crippen LogP contribution >= 0.6 is 11.6 Å². The number of halogens is 1. The number of nitrogens with zero attached hydrogens (tertiary/aromatic N) is 1. The van der Waals surface area contributed by atoms with Crippen LogP contribution in [0.15, 0.2) is 23.1 Å². The third-order valence-corrected chi connectivity index (χ3v) is 3.53. The molecule has 0 aliphatic rings. The van der Waals surface area contributed by atoms with E-state index in [-0.39, 0.29) is 22.2 Å². The van der Waals surface area contributed by atoms with Crippen LogP contribution in [0, 0.1) is 12.3 Å². The fraction of sp³-hybridized carbons (Fsp3) is 0.182. The van der Waals surface area contributed by atoms with E-state index in [0.29, 0.717) is 0 Å². The van der Waals surface area contributed by atoms with Gasteiger partial charge >= 0.3 is 6.09 Å². The second kappa shape index (κ2) is 5.29. The Morgan fingerprint density at radius 2 is 2.17 bits per heavy atom. The normalized spacial score (nSPS) is 10.7. The molecule has 0 fully saturated rings. The highest BCUT2D eigenvalue weighted by atomic mass is 35.5. The van der Waals surface area contributed by atoms with Crippen LogP contribution in [0.3, 0.4) is 0 Å². The molecule has 0 radical (unpaired) electrons. The maximum Gasteiger partial charge on any atom is 0.412 e. The summed E-state index contributed by atoms with van der Waals surface area (Å²) in [7, 11) is -3.39. The van der Waals surface area contributed by atoms with E-state index in [1.54, 1.807) is 0 Å². The van der Waals surface area contributed by atoms with Crippen LogP contribution in [0.2, 0.25) is 5.02 Å². The van der Waals surface area contributed by atoms with Crippen molar-refractivity contribution in [2.24, 2.45) is 0 Å². The van der Waals surface area contributed by atoms with Gasteiger partial charge in [0.1, 0.15) is 0 Å². The Hall–Kier alpha value is -1.71. The number of rotatable bonds is 3. The van der Waals surface area contributed by atoms with Crippen LogP contribution in [0.4, 0.5) is 10.5 Å². The number of hydrogen-bond donors (Lipinski definition) is 1. The van der Waals surface area contributed by atoms with Gasteiger partial charge in [0.15, 0.2) is 9.84 Å². The summed E-state index contributed by atoms with van der Waals surface area (Å²) in [6, 6.07) is 3.78. The maximum atomic E-state index is 11.3. The van der Waals surface area contributed by atoms with Gasteiger partial charge < -0.3 is 5.11 Å². The summed E-state index contributed by atoms with van der Waals surface area (Å²) in [5.74, 6) is 2.19. The summed E-state index contributed by atoms with van der Waals surface area (Å²) in [6.07, 6.45) is 4.83. The molecule has 0 spiro atoms. The Morgan fingerprint density at radius 1 is 1.56 bits per heavy atom. The standard InChI is InChI=1S/C11H10ClNO4S/c1-3-6-13(11(14)15)10-5-4-8(7-9(10)12)18(2,16)17/h1,4-5,7H,6H2,2H3,(H,14,15). The molecule has 5 nitrogen and oxygen atoms in total. The fourth-order valence-corrected chi connectivity index (χ4v) is 2.28. The van der Waals surface area contributed by atoms with E-state index < -0.39 is 15.9 Å². The molecule has 0 bridgehead atoms. The molecule has 0 unspecified atom stereocenters. The van der Waals surface area contributed by atoms with Gasteiger partial charge in [-0.2, -0.15) is 0 Å². The summed E-state index contributed by atoms with van der Waals surface area (Å²) in [5, 5.41) is 8.97. The van der Waals surface area contributed by atoms with Crippen molar-refractivity contribution in [3.8, 4) is 12.3 Å². The number of hydrogen-bond acceptors (Lipinski definition) is 3. The van der Waals surface area contributed by atoms with Crippen LogP contribution in [0.5, 0.6) is 0 Å². The van der Waals surface area contributed by atoms with Gasteiger partial charge in [0.05, 0.1) is 22.2 Å². The number of benzene rings is 1. The number of amides is 1. The van der Waals surface area contributed by atoms with E-state index in [0.717, 1.165) is 11.2 Å². The third kappa shape index (κ3) is 3.15. The molecule has 1 rings (SSSR count). The molecule has 0 aromatic heterocycles. The van der Waals surface area contributed by atoms with Crippen molar-refractivity contribution in [1.82, 2.24) is 0 Å². The summed E-state index contributed by atoms with van der Waals surface area (Å²) in [6.45, 7) is -0.173. The van der Waals surface area contributed by atoms with Crippen molar-refractivity contribution in [3.05, 3.63) is 23.2 Å². The maximum absolute atomic E-state index is 11.3. The first-order chi connectivity index (χ1) is 8.27. The molecule has 1 aromatic carbocycles. The predicted octanol–water partition coefficient (Wildman–Crippen LogP) is 1.86. The zero-order valence-electron chi connectivity index (χ0n) is 9.42. The third-order valence-electron chi connectivity index (χ3n) is 2.12. The van der Waals surface area contributed by atoms with Gasteiger partial charge in [0, 0.05) is 6.26 Å². The lowest BCUT2D eigenvalue weighted by Crippen LogP contribution is -2.29. The monoisotopic (exact) mass is 287 g/mol. The van der Waals surface area contributed by atoms with Gasteiger partial charge in [-0.1, -0.05) is 17.5 Å². The smallest absolute Gasteiger partial charge is 0.412 e. The highest BCUT2D eigenvalue weighted by molar-refractivity contribution is 7.90. The van der Waals surface area contributed by atoms with E-state index in [1.165, 1.54) is 18.2 Å². The average Bonchev–Trinajstić information content (AvgIpc) is 2.24. The van der Waals surface area contributed by atoms with E-state index in [9.17, 15) is 13.2 Å². The summed E-state index contributed by atoms with van der Waals surface area (Å²) in [4.78, 5) is 11.8. The highest BCUT2D eigenvalue weighted by Crippen LogP contribution is 2.28.